The van der Waals surface area contributed by atoms with Crippen molar-refractivity contribution >= 4 is 11.7 Å². The van der Waals surface area contributed by atoms with Crippen molar-refractivity contribution in [3.05, 3.63) is 0 Å². The van der Waals surface area contributed by atoms with Crippen molar-refractivity contribution in [3.8, 4) is 0 Å². The molecule has 0 spiro atoms. The number of aliphatic hydroxyl groups is 2. The Balaban J connectivity index is 1.32. The van der Waals surface area contributed by atoms with E-state index in [-0.39, 0.29) is 0 Å². The Morgan fingerprint density at radius 2 is 1.25 bits per heavy atom. The lowest BCUT2D eigenvalue weighted by Gasteiger charge is -2.28. The van der Waals surface area contributed by atoms with Gasteiger partial charge in [-0.15, -0.1) is 0 Å². The Kier molecular flexibility index (Phi) is 4.77. The van der Waals surface area contributed by atoms with E-state index in [9.17, 15) is 10.2 Å². The van der Waals surface area contributed by atoms with Crippen LogP contribution in [0.15, 0.2) is 9.98 Å². The SMILES string of the molecule is OC(CC1CCN2CCCN=C12)C(O)CC1CCN2CCCN=C12. The van der Waals surface area contributed by atoms with Crippen molar-refractivity contribution in [2.75, 3.05) is 39.3 Å². The summed E-state index contributed by atoms with van der Waals surface area (Å²) < 4.78 is 0. The Bertz CT molecular complexity index is 475. The Hall–Kier alpha value is -1.14. The van der Waals surface area contributed by atoms with E-state index in [2.05, 4.69) is 19.8 Å². The van der Waals surface area contributed by atoms with Crippen LogP contribution >= 0.6 is 0 Å². The molecule has 2 saturated heterocycles. The summed E-state index contributed by atoms with van der Waals surface area (Å²) in [4.78, 5) is 14.1. The zero-order valence-corrected chi connectivity index (χ0v) is 14.5. The van der Waals surface area contributed by atoms with Gasteiger partial charge in [0, 0.05) is 51.1 Å². The van der Waals surface area contributed by atoms with Crippen molar-refractivity contribution < 1.29 is 10.2 Å². The van der Waals surface area contributed by atoms with Crippen LogP contribution in [0.4, 0.5) is 0 Å². The average Bonchev–Trinajstić information content (AvgIpc) is 3.20. The van der Waals surface area contributed by atoms with Gasteiger partial charge in [0.2, 0.25) is 0 Å². The third-order valence-corrected chi connectivity index (χ3v) is 6.09. The smallest absolute Gasteiger partial charge is 0.102 e. The quantitative estimate of drug-likeness (QED) is 0.778. The van der Waals surface area contributed by atoms with Gasteiger partial charge in [-0.3, -0.25) is 9.98 Å². The van der Waals surface area contributed by atoms with Gasteiger partial charge in [-0.2, -0.15) is 0 Å². The van der Waals surface area contributed by atoms with Gasteiger partial charge in [-0.05, 0) is 38.5 Å². The maximum Gasteiger partial charge on any atom is 0.102 e. The highest BCUT2D eigenvalue weighted by Crippen LogP contribution is 2.30. The second-order valence-corrected chi connectivity index (χ2v) is 7.74. The summed E-state index contributed by atoms with van der Waals surface area (Å²) in [6, 6.07) is 0. The molecule has 0 aliphatic carbocycles. The number of amidine groups is 2. The molecule has 0 aromatic carbocycles. The minimum Gasteiger partial charge on any atom is -0.390 e. The van der Waals surface area contributed by atoms with E-state index in [1.807, 2.05) is 0 Å². The van der Waals surface area contributed by atoms with E-state index in [0.717, 1.165) is 65.0 Å². The molecule has 4 aliphatic heterocycles. The molecular formula is C18H30N4O2. The maximum atomic E-state index is 10.5. The molecule has 0 amide bonds. The van der Waals surface area contributed by atoms with Crippen LogP contribution in [-0.2, 0) is 0 Å². The topological polar surface area (TPSA) is 71.7 Å². The molecule has 4 aliphatic rings. The van der Waals surface area contributed by atoms with E-state index >= 15 is 0 Å². The fourth-order valence-corrected chi connectivity index (χ4v) is 4.79. The van der Waals surface area contributed by atoms with Gasteiger partial charge in [-0.25, -0.2) is 0 Å². The number of fused-ring (bicyclic) bond motifs is 2. The van der Waals surface area contributed by atoms with E-state index in [1.165, 1.54) is 11.7 Å². The average molecular weight is 334 g/mol. The van der Waals surface area contributed by atoms with Crippen LogP contribution in [0.5, 0.6) is 0 Å². The van der Waals surface area contributed by atoms with Gasteiger partial charge in [-0.1, -0.05) is 0 Å². The second kappa shape index (κ2) is 7.00. The fraction of sp³-hybridized carbons (Fsp3) is 0.889. The first-order chi connectivity index (χ1) is 11.7. The molecule has 0 radical (unpaired) electrons. The van der Waals surface area contributed by atoms with Crippen molar-refractivity contribution in [2.24, 2.45) is 21.8 Å². The highest BCUT2D eigenvalue weighted by atomic mass is 16.3. The maximum absolute atomic E-state index is 10.5. The molecule has 0 aromatic rings. The van der Waals surface area contributed by atoms with Crippen LogP contribution < -0.4 is 0 Å². The summed E-state index contributed by atoms with van der Waals surface area (Å²) in [5, 5.41) is 21.1. The summed E-state index contributed by atoms with van der Waals surface area (Å²) in [5.74, 6) is 3.00. The lowest BCUT2D eigenvalue weighted by atomic mass is 9.91. The molecule has 4 unspecified atom stereocenters. The van der Waals surface area contributed by atoms with Gasteiger partial charge in [0.05, 0.1) is 12.2 Å². The van der Waals surface area contributed by atoms with E-state index in [4.69, 9.17) is 0 Å². The molecule has 4 atom stereocenters. The minimum absolute atomic E-state index is 0.321. The van der Waals surface area contributed by atoms with Gasteiger partial charge in [0.1, 0.15) is 11.7 Å². The van der Waals surface area contributed by atoms with Crippen LogP contribution in [0, 0.1) is 11.8 Å². The molecule has 6 nitrogen and oxygen atoms in total. The van der Waals surface area contributed by atoms with Gasteiger partial charge >= 0.3 is 0 Å². The van der Waals surface area contributed by atoms with Crippen LogP contribution in [0.1, 0.15) is 38.5 Å². The van der Waals surface area contributed by atoms with Crippen LogP contribution in [-0.4, -0.2) is 83.2 Å². The molecule has 6 heteroatoms. The molecule has 4 heterocycles. The fourth-order valence-electron chi connectivity index (χ4n) is 4.79. The highest BCUT2D eigenvalue weighted by molar-refractivity contribution is 5.87. The Morgan fingerprint density at radius 1 is 0.792 bits per heavy atom. The highest BCUT2D eigenvalue weighted by Gasteiger charge is 2.36. The molecule has 2 N–H and O–H groups in total. The van der Waals surface area contributed by atoms with E-state index in [1.54, 1.807) is 0 Å². The molecule has 4 rings (SSSR count). The van der Waals surface area contributed by atoms with Crippen molar-refractivity contribution in [1.82, 2.24) is 9.80 Å². The van der Waals surface area contributed by atoms with Gasteiger partial charge in [0.25, 0.3) is 0 Å². The number of hydrogen-bond acceptors (Lipinski definition) is 6. The third kappa shape index (κ3) is 3.18. The zero-order valence-electron chi connectivity index (χ0n) is 14.5. The third-order valence-electron chi connectivity index (χ3n) is 6.09. The zero-order chi connectivity index (χ0) is 16.5. The number of hydrogen-bond donors (Lipinski definition) is 2. The molecule has 134 valence electrons. The van der Waals surface area contributed by atoms with Crippen molar-refractivity contribution in [3.63, 3.8) is 0 Å². The second-order valence-electron chi connectivity index (χ2n) is 7.74. The first kappa shape index (κ1) is 16.3. The number of nitrogens with zero attached hydrogens (tertiary/aromatic N) is 4. The Labute approximate surface area is 144 Å². The Morgan fingerprint density at radius 3 is 1.71 bits per heavy atom. The summed E-state index contributed by atoms with van der Waals surface area (Å²) in [5.41, 5.74) is 0. The van der Waals surface area contributed by atoms with Crippen LogP contribution in [0.25, 0.3) is 0 Å². The predicted molar refractivity (Wildman–Crippen MR) is 94.4 cm³/mol. The number of aliphatic hydroxyl groups excluding tert-OH is 2. The molecule has 0 bridgehead atoms. The monoisotopic (exact) mass is 334 g/mol. The summed E-state index contributed by atoms with van der Waals surface area (Å²) in [7, 11) is 0. The standard InChI is InChI=1S/C18H30N4O2/c23-15(11-13-3-9-21-7-1-5-19-17(13)21)16(24)12-14-4-10-22-8-2-6-20-18(14)22/h13-16,23-24H,1-12H2. The minimum atomic E-state index is -0.655. The first-order valence-electron chi connectivity index (χ1n) is 9.67. The van der Waals surface area contributed by atoms with Crippen LogP contribution in [0.2, 0.25) is 0 Å². The predicted octanol–water partition coefficient (Wildman–Crippen LogP) is 0.737. The largest absolute Gasteiger partial charge is 0.390 e. The summed E-state index contributed by atoms with van der Waals surface area (Å²) in [6.45, 7) is 6.15. The van der Waals surface area contributed by atoms with E-state index < -0.39 is 12.2 Å². The number of aliphatic imine (C=N–C) groups is 2. The van der Waals surface area contributed by atoms with Crippen LogP contribution in [0.3, 0.4) is 0 Å². The van der Waals surface area contributed by atoms with Crippen molar-refractivity contribution in [2.45, 2.75) is 50.7 Å². The first-order valence-corrected chi connectivity index (χ1v) is 9.67. The van der Waals surface area contributed by atoms with Gasteiger partial charge in [0.15, 0.2) is 0 Å². The molecule has 0 aromatic heterocycles. The molecule has 0 saturated carbocycles. The molecule has 24 heavy (non-hydrogen) atoms. The lowest BCUT2D eigenvalue weighted by Crippen LogP contribution is -2.37. The lowest BCUT2D eigenvalue weighted by molar-refractivity contribution is 0.000586. The van der Waals surface area contributed by atoms with Gasteiger partial charge < -0.3 is 20.0 Å². The molecular weight excluding hydrogens is 304 g/mol. The normalized spacial score (nSPS) is 32.1. The molecule has 2 fully saturated rings. The summed E-state index contributed by atoms with van der Waals surface area (Å²) >= 11 is 0. The number of rotatable bonds is 5. The summed E-state index contributed by atoms with van der Waals surface area (Å²) in [6.07, 6.45) is 4.37. The van der Waals surface area contributed by atoms with Crippen molar-refractivity contribution in [1.29, 1.82) is 0 Å². The van der Waals surface area contributed by atoms with E-state index in [0.29, 0.717) is 24.7 Å².